The third-order valence-electron chi connectivity index (χ3n) is 5.64. The van der Waals surface area contributed by atoms with Crippen molar-refractivity contribution in [2.75, 3.05) is 39.4 Å². The van der Waals surface area contributed by atoms with Gasteiger partial charge in [-0.2, -0.15) is 0 Å². The number of hydrogen-bond acceptors (Lipinski definition) is 3. The minimum absolute atomic E-state index is 0.753. The van der Waals surface area contributed by atoms with E-state index in [9.17, 15) is 0 Å². The third kappa shape index (κ3) is 4.43. The zero-order chi connectivity index (χ0) is 14.7. The second kappa shape index (κ2) is 7.43. The summed E-state index contributed by atoms with van der Waals surface area (Å²) in [7, 11) is 0. The Morgan fingerprint density at radius 1 is 1.10 bits per heavy atom. The lowest BCUT2D eigenvalue weighted by Gasteiger charge is -2.50. The van der Waals surface area contributed by atoms with E-state index in [2.05, 4.69) is 23.6 Å². The molecule has 3 fully saturated rings. The summed E-state index contributed by atoms with van der Waals surface area (Å²) in [5, 5.41) is 0. The number of fused-ring (bicyclic) bond motifs is 1. The molecule has 1 saturated carbocycles. The van der Waals surface area contributed by atoms with Crippen molar-refractivity contribution in [3.8, 4) is 0 Å². The number of ether oxygens (including phenoxy) is 1. The molecule has 3 rings (SSSR count). The molecule has 0 N–H and O–H groups in total. The summed E-state index contributed by atoms with van der Waals surface area (Å²) >= 11 is 0. The summed E-state index contributed by atoms with van der Waals surface area (Å²) in [5.41, 5.74) is 0. The van der Waals surface area contributed by atoms with Crippen molar-refractivity contribution in [2.45, 2.75) is 64.5 Å². The Morgan fingerprint density at radius 3 is 2.71 bits per heavy atom. The molecule has 122 valence electrons. The van der Waals surface area contributed by atoms with Gasteiger partial charge in [0.2, 0.25) is 0 Å². The fraction of sp³-hybridized carbons (Fsp3) is 1.00. The molecule has 21 heavy (non-hydrogen) atoms. The van der Waals surface area contributed by atoms with Crippen LogP contribution in [0.1, 0.15) is 52.4 Å². The minimum Gasteiger partial charge on any atom is -0.381 e. The molecule has 0 spiro atoms. The molecule has 0 aromatic rings. The van der Waals surface area contributed by atoms with Crippen molar-refractivity contribution in [1.82, 2.24) is 9.80 Å². The highest BCUT2D eigenvalue weighted by Gasteiger charge is 2.35. The van der Waals surface area contributed by atoms with Gasteiger partial charge in [0.15, 0.2) is 0 Å². The van der Waals surface area contributed by atoms with E-state index >= 15 is 0 Å². The van der Waals surface area contributed by atoms with E-state index in [-0.39, 0.29) is 0 Å². The van der Waals surface area contributed by atoms with Gasteiger partial charge < -0.3 is 4.74 Å². The molecule has 2 aliphatic heterocycles. The van der Waals surface area contributed by atoms with Crippen molar-refractivity contribution >= 4 is 0 Å². The maximum absolute atomic E-state index is 5.81. The first kappa shape index (κ1) is 15.8. The first-order chi connectivity index (χ1) is 10.2. The molecule has 3 heteroatoms. The molecular formula is C18H34N2O. The molecule has 0 amide bonds. The lowest BCUT2D eigenvalue weighted by Crippen LogP contribution is -2.61. The average Bonchev–Trinajstić information content (AvgIpc) is 3.30. The van der Waals surface area contributed by atoms with Gasteiger partial charge in [-0.3, -0.25) is 9.80 Å². The van der Waals surface area contributed by atoms with Crippen LogP contribution in [0.3, 0.4) is 0 Å². The highest BCUT2D eigenvalue weighted by atomic mass is 16.5. The Hall–Kier alpha value is -0.120. The topological polar surface area (TPSA) is 15.7 Å². The lowest BCUT2D eigenvalue weighted by atomic mass is 9.92. The fourth-order valence-electron chi connectivity index (χ4n) is 4.06. The highest BCUT2D eigenvalue weighted by Crippen LogP contribution is 2.29. The number of nitrogens with zero attached hydrogens (tertiary/aromatic N) is 2. The molecule has 0 bridgehead atoms. The predicted octanol–water partition coefficient (Wildman–Crippen LogP) is 3.00. The van der Waals surface area contributed by atoms with Crippen LogP contribution in [0.5, 0.6) is 0 Å². The van der Waals surface area contributed by atoms with Crippen LogP contribution < -0.4 is 0 Å². The van der Waals surface area contributed by atoms with Crippen molar-refractivity contribution in [1.29, 1.82) is 0 Å². The second-order valence-electron chi connectivity index (χ2n) is 7.82. The monoisotopic (exact) mass is 294 g/mol. The zero-order valence-electron chi connectivity index (χ0n) is 14.1. The van der Waals surface area contributed by atoms with E-state index in [1.165, 1.54) is 64.7 Å². The average molecular weight is 294 g/mol. The number of piperidine rings is 1. The van der Waals surface area contributed by atoms with Gasteiger partial charge >= 0.3 is 0 Å². The van der Waals surface area contributed by atoms with E-state index in [0.29, 0.717) is 0 Å². The Labute approximate surface area is 131 Å². The van der Waals surface area contributed by atoms with Crippen LogP contribution in [0.4, 0.5) is 0 Å². The van der Waals surface area contributed by atoms with Crippen LogP contribution in [0.25, 0.3) is 0 Å². The lowest BCUT2D eigenvalue weighted by molar-refractivity contribution is -0.0118. The summed E-state index contributed by atoms with van der Waals surface area (Å²) in [6.45, 7) is 11.9. The van der Waals surface area contributed by atoms with Crippen LogP contribution in [-0.2, 0) is 4.74 Å². The number of rotatable bonds is 7. The Morgan fingerprint density at radius 2 is 1.95 bits per heavy atom. The van der Waals surface area contributed by atoms with Gasteiger partial charge in [0.25, 0.3) is 0 Å². The first-order valence-electron chi connectivity index (χ1n) is 9.30. The van der Waals surface area contributed by atoms with Crippen molar-refractivity contribution < 1.29 is 4.74 Å². The molecule has 2 heterocycles. The van der Waals surface area contributed by atoms with Gasteiger partial charge in [-0.25, -0.2) is 0 Å². The van der Waals surface area contributed by atoms with Crippen LogP contribution in [0.2, 0.25) is 0 Å². The van der Waals surface area contributed by atoms with Gasteiger partial charge in [0.1, 0.15) is 0 Å². The molecule has 2 saturated heterocycles. The van der Waals surface area contributed by atoms with Gasteiger partial charge in [-0.05, 0) is 50.5 Å². The van der Waals surface area contributed by atoms with Gasteiger partial charge in [-0.15, -0.1) is 0 Å². The smallest absolute Gasteiger partial charge is 0.0494 e. The molecule has 2 atom stereocenters. The second-order valence-corrected chi connectivity index (χ2v) is 7.82. The van der Waals surface area contributed by atoms with Gasteiger partial charge in [-0.1, -0.05) is 20.3 Å². The Kier molecular flexibility index (Phi) is 5.58. The fourth-order valence-corrected chi connectivity index (χ4v) is 4.06. The van der Waals surface area contributed by atoms with Gasteiger partial charge in [0.05, 0.1) is 0 Å². The summed E-state index contributed by atoms with van der Waals surface area (Å²) in [6.07, 6.45) is 8.28. The molecule has 0 aromatic heterocycles. The van der Waals surface area contributed by atoms with E-state index in [1.807, 2.05) is 0 Å². The van der Waals surface area contributed by atoms with Crippen LogP contribution in [0, 0.1) is 11.8 Å². The number of piperazine rings is 1. The SMILES string of the molecule is CC(C)C1CN2CCCCC2CN1CCCOCC1CC1. The van der Waals surface area contributed by atoms with Crippen molar-refractivity contribution in [3.05, 3.63) is 0 Å². The summed E-state index contributed by atoms with van der Waals surface area (Å²) in [4.78, 5) is 5.55. The Bertz CT molecular complexity index is 316. The standard InChI is InChI=1S/C18H34N2O/c1-15(2)18-13-19-9-4-3-6-17(19)12-20(18)10-5-11-21-14-16-7-8-16/h15-18H,3-14H2,1-2H3. The summed E-state index contributed by atoms with van der Waals surface area (Å²) < 4.78 is 5.81. The van der Waals surface area contributed by atoms with E-state index in [1.54, 1.807) is 0 Å². The van der Waals surface area contributed by atoms with E-state index < -0.39 is 0 Å². The maximum Gasteiger partial charge on any atom is 0.0494 e. The molecule has 0 radical (unpaired) electrons. The predicted molar refractivity (Wildman–Crippen MR) is 87.6 cm³/mol. The zero-order valence-corrected chi connectivity index (χ0v) is 14.1. The Balaban J connectivity index is 1.43. The molecule has 3 nitrogen and oxygen atoms in total. The molecule has 1 aliphatic carbocycles. The van der Waals surface area contributed by atoms with Crippen LogP contribution >= 0.6 is 0 Å². The minimum atomic E-state index is 0.753. The molecule has 3 aliphatic rings. The third-order valence-corrected chi connectivity index (χ3v) is 5.64. The first-order valence-corrected chi connectivity index (χ1v) is 9.30. The van der Waals surface area contributed by atoms with Crippen LogP contribution in [-0.4, -0.2) is 61.3 Å². The summed E-state index contributed by atoms with van der Waals surface area (Å²) in [5.74, 6) is 1.67. The quantitative estimate of drug-likeness (QED) is 0.671. The largest absolute Gasteiger partial charge is 0.381 e. The molecule has 0 aromatic carbocycles. The van der Waals surface area contributed by atoms with Crippen molar-refractivity contribution in [3.63, 3.8) is 0 Å². The highest BCUT2D eigenvalue weighted by molar-refractivity contribution is 4.91. The van der Waals surface area contributed by atoms with Crippen LogP contribution in [0.15, 0.2) is 0 Å². The van der Waals surface area contributed by atoms with Crippen molar-refractivity contribution in [2.24, 2.45) is 11.8 Å². The normalized spacial score (nSPS) is 31.6. The van der Waals surface area contributed by atoms with E-state index in [0.717, 1.165) is 37.1 Å². The summed E-state index contributed by atoms with van der Waals surface area (Å²) in [6, 6.07) is 1.59. The molecule has 2 unspecified atom stereocenters. The number of hydrogen-bond donors (Lipinski definition) is 0. The van der Waals surface area contributed by atoms with Gasteiger partial charge in [0, 0.05) is 44.9 Å². The van der Waals surface area contributed by atoms with E-state index in [4.69, 9.17) is 4.74 Å². The molecular weight excluding hydrogens is 260 g/mol. The maximum atomic E-state index is 5.81.